The van der Waals surface area contributed by atoms with Gasteiger partial charge in [-0.25, -0.2) is 0 Å². The molecular weight excluding hydrogens is 358 g/mol. The second-order valence-corrected chi connectivity index (χ2v) is 7.33. The predicted molar refractivity (Wildman–Crippen MR) is 107 cm³/mol. The summed E-state index contributed by atoms with van der Waals surface area (Å²) in [4.78, 5) is 27.9. The van der Waals surface area contributed by atoms with Crippen LogP contribution < -0.4 is 4.90 Å². The first-order valence-electron chi connectivity index (χ1n) is 8.83. The minimum Gasteiger partial charge on any atom is -0.293 e. The number of allylic oxidation sites excluding steroid dienone is 1. The highest BCUT2D eigenvalue weighted by atomic mass is 35.5. The molecule has 3 nitrogen and oxygen atoms in total. The summed E-state index contributed by atoms with van der Waals surface area (Å²) in [6.45, 7) is 4.19. The van der Waals surface area contributed by atoms with Crippen LogP contribution in [-0.2, 0) is 16.6 Å². The molecule has 0 saturated carbocycles. The fourth-order valence-corrected chi connectivity index (χ4v) is 4.75. The minimum absolute atomic E-state index is 0.0108. The topological polar surface area (TPSA) is 37.4 Å². The Morgan fingerprint density at radius 2 is 1.81 bits per heavy atom. The number of para-hydroxylation sites is 1. The van der Waals surface area contributed by atoms with E-state index in [1.807, 2.05) is 60.7 Å². The summed E-state index contributed by atoms with van der Waals surface area (Å²) in [7, 11) is 0. The maximum Gasteiger partial charge on any atom is 0.246 e. The molecule has 4 heteroatoms. The zero-order valence-electron chi connectivity index (χ0n) is 14.5. The summed E-state index contributed by atoms with van der Waals surface area (Å²) < 4.78 is 0. The number of rotatable bonds is 1. The Kier molecular flexibility index (Phi) is 3.34. The number of benzene rings is 3. The zero-order valence-corrected chi connectivity index (χ0v) is 15.3. The average molecular weight is 374 g/mol. The molecule has 1 unspecified atom stereocenters. The van der Waals surface area contributed by atoms with Gasteiger partial charge in [-0.3, -0.25) is 14.5 Å². The Balaban J connectivity index is 1.78. The number of ketones is 1. The van der Waals surface area contributed by atoms with E-state index in [2.05, 4.69) is 6.58 Å². The van der Waals surface area contributed by atoms with E-state index < -0.39 is 5.41 Å². The molecule has 1 atom stereocenters. The first-order valence-corrected chi connectivity index (χ1v) is 9.36. The van der Waals surface area contributed by atoms with E-state index in [4.69, 9.17) is 11.6 Å². The van der Waals surface area contributed by atoms with Crippen LogP contribution in [0.15, 0.2) is 72.9 Å². The molecule has 0 N–H and O–H groups in total. The lowest BCUT2D eigenvalue weighted by Crippen LogP contribution is -2.38. The third-order valence-corrected chi connectivity index (χ3v) is 6.05. The van der Waals surface area contributed by atoms with Crippen molar-refractivity contribution in [2.75, 3.05) is 10.8 Å². The molecule has 27 heavy (non-hydrogen) atoms. The largest absolute Gasteiger partial charge is 0.293 e. The highest BCUT2D eigenvalue weighted by molar-refractivity contribution is 6.31. The van der Waals surface area contributed by atoms with Gasteiger partial charge >= 0.3 is 0 Å². The molecule has 1 amide bonds. The number of carbonyl (C=O) groups excluding carboxylic acids is 2. The molecule has 0 fully saturated rings. The molecule has 132 valence electrons. The quantitative estimate of drug-likeness (QED) is 0.584. The zero-order chi connectivity index (χ0) is 18.8. The van der Waals surface area contributed by atoms with E-state index in [1.165, 1.54) is 4.90 Å². The van der Waals surface area contributed by atoms with Crippen LogP contribution in [0.2, 0.25) is 0 Å². The molecule has 1 aliphatic heterocycles. The number of carbonyl (C=O) groups is 2. The number of anilines is 1. The number of nitrogens with zero attached hydrogens (tertiary/aromatic N) is 1. The van der Waals surface area contributed by atoms with Gasteiger partial charge < -0.3 is 0 Å². The fourth-order valence-electron chi connectivity index (χ4n) is 4.63. The Labute approximate surface area is 161 Å². The Morgan fingerprint density at radius 3 is 2.63 bits per heavy atom. The highest BCUT2D eigenvalue weighted by Crippen LogP contribution is 2.55. The third-order valence-electron chi connectivity index (χ3n) is 5.82. The summed E-state index contributed by atoms with van der Waals surface area (Å²) >= 11 is 5.85. The van der Waals surface area contributed by atoms with Crippen molar-refractivity contribution >= 4 is 39.8 Å². The molecule has 5 rings (SSSR count). The smallest absolute Gasteiger partial charge is 0.246 e. The van der Waals surface area contributed by atoms with Crippen molar-refractivity contribution in [2.24, 2.45) is 0 Å². The van der Waals surface area contributed by atoms with Crippen molar-refractivity contribution in [2.45, 2.75) is 11.8 Å². The van der Waals surface area contributed by atoms with Crippen molar-refractivity contribution in [3.05, 3.63) is 89.6 Å². The molecule has 0 saturated heterocycles. The van der Waals surface area contributed by atoms with Crippen LogP contribution in [-0.4, -0.2) is 17.6 Å². The normalized spacial score (nSPS) is 20.4. The number of fused-ring (bicyclic) bond motifs is 5. The van der Waals surface area contributed by atoms with Gasteiger partial charge in [0.1, 0.15) is 11.3 Å². The summed E-state index contributed by atoms with van der Waals surface area (Å²) in [6.07, 6.45) is 0.508. The van der Waals surface area contributed by atoms with E-state index in [9.17, 15) is 9.59 Å². The number of Topliss-reactive ketones (excluding diaryl/α,β-unsaturated/α-hetero) is 1. The van der Waals surface area contributed by atoms with Gasteiger partial charge in [0, 0.05) is 11.3 Å². The Hall–Kier alpha value is -2.91. The average Bonchev–Trinajstić information content (AvgIpc) is 3.14. The monoisotopic (exact) mass is 373 g/mol. The van der Waals surface area contributed by atoms with E-state index in [1.54, 1.807) is 0 Å². The van der Waals surface area contributed by atoms with Crippen molar-refractivity contribution in [3.63, 3.8) is 0 Å². The minimum atomic E-state index is -0.940. The SMILES string of the molecule is C=C1N(C(=O)CCl)c2ccccc2C12Cc1ccc3ccccc3c1C2=O. The lowest BCUT2D eigenvalue weighted by atomic mass is 9.76. The van der Waals surface area contributed by atoms with Gasteiger partial charge in [0.25, 0.3) is 0 Å². The molecular formula is C23H16ClNO2. The lowest BCUT2D eigenvalue weighted by molar-refractivity contribution is -0.115. The lowest BCUT2D eigenvalue weighted by Gasteiger charge is -2.26. The van der Waals surface area contributed by atoms with E-state index in [0.29, 0.717) is 17.8 Å². The number of alkyl halides is 1. The molecule has 0 bridgehead atoms. The second kappa shape index (κ2) is 5.54. The van der Waals surface area contributed by atoms with Gasteiger partial charge in [-0.05, 0) is 34.4 Å². The van der Waals surface area contributed by atoms with Gasteiger partial charge in [-0.2, -0.15) is 0 Å². The molecule has 0 radical (unpaired) electrons. The number of hydrogen-bond acceptors (Lipinski definition) is 2. The maximum absolute atomic E-state index is 13.8. The van der Waals surface area contributed by atoms with E-state index >= 15 is 0 Å². The molecule has 0 aromatic heterocycles. The van der Waals surface area contributed by atoms with Gasteiger partial charge in [-0.15, -0.1) is 11.6 Å². The molecule has 3 aromatic carbocycles. The van der Waals surface area contributed by atoms with Crippen molar-refractivity contribution < 1.29 is 9.59 Å². The first-order chi connectivity index (χ1) is 13.1. The van der Waals surface area contributed by atoms with Gasteiger partial charge in [0.15, 0.2) is 5.78 Å². The van der Waals surface area contributed by atoms with Crippen LogP contribution in [0.25, 0.3) is 10.8 Å². The van der Waals surface area contributed by atoms with Crippen molar-refractivity contribution in [3.8, 4) is 0 Å². The van der Waals surface area contributed by atoms with Crippen LogP contribution in [0.1, 0.15) is 21.5 Å². The Morgan fingerprint density at radius 1 is 1.07 bits per heavy atom. The number of amides is 1. The van der Waals surface area contributed by atoms with Gasteiger partial charge in [0.05, 0.1) is 5.69 Å². The van der Waals surface area contributed by atoms with Gasteiger partial charge in [-0.1, -0.05) is 61.2 Å². The van der Waals surface area contributed by atoms with Crippen LogP contribution in [0.5, 0.6) is 0 Å². The summed E-state index contributed by atoms with van der Waals surface area (Å²) in [6, 6.07) is 19.5. The fraction of sp³-hybridized carbons (Fsp3) is 0.130. The van der Waals surface area contributed by atoms with E-state index in [-0.39, 0.29) is 17.6 Å². The Bertz CT molecular complexity index is 1170. The molecule has 2 aliphatic rings. The van der Waals surface area contributed by atoms with Gasteiger partial charge in [0.2, 0.25) is 5.91 Å². The van der Waals surface area contributed by atoms with Crippen molar-refractivity contribution in [1.29, 1.82) is 0 Å². The summed E-state index contributed by atoms with van der Waals surface area (Å²) in [5, 5.41) is 1.98. The number of halogens is 1. The molecule has 3 aromatic rings. The van der Waals surface area contributed by atoms with Crippen molar-refractivity contribution in [1.82, 2.24) is 0 Å². The first kappa shape index (κ1) is 16.3. The van der Waals surface area contributed by atoms with Crippen LogP contribution in [0, 0.1) is 0 Å². The maximum atomic E-state index is 13.8. The molecule has 1 spiro atoms. The number of hydrogen-bond donors (Lipinski definition) is 0. The second-order valence-electron chi connectivity index (χ2n) is 7.06. The standard InChI is InChI=1S/C23H16ClNO2/c1-14-23(18-8-4-5-9-19(18)25(14)20(26)13-24)12-16-11-10-15-6-2-3-7-17(15)21(16)22(23)27/h2-11H,1,12-13H2. The van der Waals surface area contributed by atoms with Crippen LogP contribution in [0.4, 0.5) is 5.69 Å². The highest BCUT2D eigenvalue weighted by Gasteiger charge is 2.57. The third kappa shape index (κ3) is 1.92. The van der Waals surface area contributed by atoms with Crippen LogP contribution in [0.3, 0.4) is 0 Å². The van der Waals surface area contributed by atoms with Crippen LogP contribution >= 0.6 is 11.6 Å². The summed E-state index contributed by atoms with van der Waals surface area (Å²) in [5.41, 5.74) is 2.83. The van der Waals surface area contributed by atoms with E-state index in [0.717, 1.165) is 27.5 Å². The molecule has 1 heterocycles. The predicted octanol–water partition coefficient (Wildman–Crippen LogP) is 4.62. The molecule has 1 aliphatic carbocycles. The summed E-state index contributed by atoms with van der Waals surface area (Å²) in [5.74, 6) is -0.413.